The Kier molecular flexibility index (Phi) is 3.34. The Hall–Kier alpha value is -1.22. The minimum atomic E-state index is -0.273. The number of ketones is 1. The highest BCUT2D eigenvalue weighted by Crippen LogP contribution is 2.29. The molecule has 3 nitrogen and oxygen atoms in total. The van der Waals surface area contributed by atoms with E-state index >= 15 is 0 Å². The molecule has 1 fully saturated rings. The molecule has 1 aliphatic rings. The first-order chi connectivity index (χ1) is 7.70. The van der Waals surface area contributed by atoms with Crippen molar-refractivity contribution in [2.45, 2.75) is 44.1 Å². The lowest BCUT2D eigenvalue weighted by Gasteiger charge is -2.32. The highest BCUT2D eigenvalue weighted by atomic mass is 16.1. The standard InChI is InChI=1S/C13H18N2O/c14-13(6-2-1-3-7-13)9-12(16)11-5-4-8-15-10-11/h4-5,8,10H,1-3,6-7,9,14H2. The zero-order valence-electron chi connectivity index (χ0n) is 9.48. The summed E-state index contributed by atoms with van der Waals surface area (Å²) in [5, 5.41) is 0. The number of nitrogens with zero attached hydrogens (tertiary/aromatic N) is 1. The molecule has 86 valence electrons. The Balaban J connectivity index is 2.01. The van der Waals surface area contributed by atoms with Crippen molar-refractivity contribution in [1.29, 1.82) is 0 Å². The van der Waals surface area contributed by atoms with Gasteiger partial charge < -0.3 is 5.73 Å². The van der Waals surface area contributed by atoms with Crippen LogP contribution in [0.3, 0.4) is 0 Å². The van der Waals surface area contributed by atoms with Crippen LogP contribution in [0.4, 0.5) is 0 Å². The van der Waals surface area contributed by atoms with Crippen LogP contribution in [0.2, 0.25) is 0 Å². The van der Waals surface area contributed by atoms with Crippen LogP contribution in [0.25, 0.3) is 0 Å². The lowest BCUT2D eigenvalue weighted by molar-refractivity contribution is 0.0934. The first-order valence-corrected chi connectivity index (χ1v) is 5.92. The van der Waals surface area contributed by atoms with Crippen molar-refractivity contribution in [2.24, 2.45) is 5.73 Å². The summed E-state index contributed by atoms with van der Waals surface area (Å²) in [6.07, 6.45) is 9.24. The Morgan fingerprint density at radius 1 is 1.38 bits per heavy atom. The average Bonchev–Trinajstić information content (AvgIpc) is 2.30. The monoisotopic (exact) mass is 218 g/mol. The third kappa shape index (κ3) is 2.67. The van der Waals surface area contributed by atoms with Crippen molar-refractivity contribution in [1.82, 2.24) is 4.98 Å². The van der Waals surface area contributed by atoms with Gasteiger partial charge in [-0.2, -0.15) is 0 Å². The Morgan fingerprint density at radius 2 is 2.12 bits per heavy atom. The highest BCUT2D eigenvalue weighted by molar-refractivity contribution is 5.96. The molecule has 2 rings (SSSR count). The minimum absolute atomic E-state index is 0.123. The number of aromatic nitrogens is 1. The van der Waals surface area contributed by atoms with Crippen LogP contribution in [0.5, 0.6) is 0 Å². The number of rotatable bonds is 3. The zero-order valence-corrected chi connectivity index (χ0v) is 9.48. The second kappa shape index (κ2) is 4.74. The lowest BCUT2D eigenvalue weighted by Crippen LogP contribution is -2.43. The molecule has 0 amide bonds. The molecule has 0 saturated heterocycles. The van der Waals surface area contributed by atoms with Gasteiger partial charge in [0.05, 0.1) is 0 Å². The normalized spacial score (nSPS) is 19.3. The highest BCUT2D eigenvalue weighted by Gasteiger charge is 2.30. The molecule has 2 N–H and O–H groups in total. The summed E-state index contributed by atoms with van der Waals surface area (Å²) in [6.45, 7) is 0. The predicted molar refractivity (Wildman–Crippen MR) is 63.2 cm³/mol. The molecular formula is C13H18N2O. The first-order valence-electron chi connectivity index (χ1n) is 5.92. The summed E-state index contributed by atoms with van der Waals surface area (Å²) >= 11 is 0. The van der Waals surface area contributed by atoms with Gasteiger partial charge in [0.25, 0.3) is 0 Å². The van der Waals surface area contributed by atoms with Crippen molar-refractivity contribution < 1.29 is 4.79 Å². The number of carbonyl (C=O) groups excluding carboxylic acids is 1. The molecule has 3 heteroatoms. The smallest absolute Gasteiger partial charge is 0.166 e. The van der Waals surface area contributed by atoms with Gasteiger partial charge in [0, 0.05) is 29.9 Å². The summed E-state index contributed by atoms with van der Waals surface area (Å²) in [6, 6.07) is 3.60. The van der Waals surface area contributed by atoms with Crippen LogP contribution < -0.4 is 5.73 Å². The molecule has 1 heterocycles. The van der Waals surface area contributed by atoms with Gasteiger partial charge in [-0.1, -0.05) is 19.3 Å². The maximum Gasteiger partial charge on any atom is 0.166 e. The van der Waals surface area contributed by atoms with E-state index in [9.17, 15) is 4.79 Å². The number of hydrogen-bond acceptors (Lipinski definition) is 3. The second-order valence-corrected chi connectivity index (χ2v) is 4.76. The Labute approximate surface area is 96.1 Å². The first kappa shape index (κ1) is 11.3. The Bertz CT molecular complexity index is 355. The summed E-state index contributed by atoms with van der Waals surface area (Å²) in [7, 11) is 0. The molecule has 0 aliphatic heterocycles. The Morgan fingerprint density at radius 3 is 2.75 bits per heavy atom. The summed E-state index contributed by atoms with van der Waals surface area (Å²) in [4.78, 5) is 16.0. The van der Waals surface area contributed by atoms with Gasteiger partial charge in [-0.25, -0.2) is 0 Å². The van der Waals surface area contributed by atoms with Gasteiger partial charge in [-0.05, 0) is 25.0 Å². The van der Waals surface area contributed by atoms with E-state index in [0.29, 0.717) is 12.0 Å². The van der Waals surface area contributed by atoms with Gasteiger partial charge in [0.1, 0.15) is 0 Å². The summed E-state index contributed by atoms with van der Waals surface area (Å²) in [5.74, 6) is 0.123. The van der Waals surface area contributed by atoms with Gasteiger partial charge >= 0.3 is 0 Å². The topological polar surface area (TPSA) is 56.0 Å². The van der Waals surface area contributed by atoms with Crippen LogP contribution in [0, 0.1) is 0 Å². The van der Waals surface area contributed by atoms with E-state index in [1.54, 1.807) is 18.5 Å². The summed E-state index contributed by atoms with van der Waals surface area (Å²) < 4.78 is 0. The van der Waals surface area contributed by atoms with Gasteiger partial charge in [-0.15, -0.1) is 0 Å². The molecule has 0 aromatic carbocycles. The quantitative estimate of drug-likeness (QED) is 0.792. The van der Waals surface area contributed by atoms with Gasteiger partial charge in [0.2, 0.25) is 0 Å². The second-order valence-electron chi connectivity index (χ2n) is 4.76. The van der Waals surface area contributed by atoms with E-state index in [1.807, 2.05) is 6.07 Å². The predicted octanol–water partition coefficient (Wildman–Crippen LogP) is 2.32. The van der Waals surface area contributed by atoms with Crippen LogP contribution >= 0.6 is 0 Å². The SMILES string of the molecule is NC1(CC(=O)c2cccnc2)CCCCC1. The number of Topliss-reactive ketones (excluding diaryl/α,β-unsaturated/α-hetero) is 1. The molecular weight excluding hydrogens is 200 g/mol. The van der Waals surface area contributed by atoms with Crippen molar-refractivity contribution in [2.75, 3.05) is 0 Å². The van der Waals surface area contributed by atoms with Gasteiger partial charge in [0.15, 0.2) is 5.78 Å². The fraction of sp³-hybridized carbons (Fsp3) is 0.538. The van der Waals surface area contributed by atoms with E-state index in [2.05, 4.69) is 4.98 Å². The fourth-order valence-corrected chi connectivity index (χ4v) is 2.38. The third-order valence-corrected chi connectivity index (χ3v) is 3.35. The summed E-state index contributed by atoms with van der Waals surface area (Å²) in [5.41, 5.74) is 6.66. The molecule has 16 heavy (non-hydrogen) atoms. The largest absolute Gasteiger partial charge is 0.325 e. The molecule has 1 aromatic rings. The molecule has 0 unspecified atom stereocenters. The van der Waals surface area contributed by atoms with E-state index < -0.39 is 0 Å². The molecule has 0 spiro atoms. The van der Waals surface area contributed by atoms with Gasteiger partial charge in [-0.3, -0.25) is 9.78 Å². The minimum Gasteiger partial charge on any atom is -0.325 e. The molecule has 1 aliphatic carbocycles. The van der Waals surface area contributed by atoms with Crippen LogP contribution in [-0.2, 0) is 0 Å². The van der Waals surface area contributed by atoms with Crippen molar-refractivity contribution >= 4 is 5.78 Å². The third-order valence-electron chi connectivity index (χ3n) is 3.35. The fourth-order valence-electron chi connectivity index (χ4n) is 2.38. The number of hydrogen-bond donors (Lipinski definition) is 1. The zero-order chi connectivity index (χ0) is 11.4. The van der Waals surface area contributed by atoms with E-state index in [1.165, 1.54) is 6.42 Å². The van der Waals surface area contributed by atoms with Crippen LogP contribution in [0.1, 0.15) is 48.9 Å². The van der Waals surface area contributed by atoms with Crippen molar-refractivity contribution in [3.05, 3.63) is 30.1 Å². The van der Waals surface area contributed by atoms with E-state index in [4.69, 9.17) is 5.73 Å². The van der Waals surface area contributed by atoms with Crippen LogP contribution in [-0.4, -0.2) is 16.3 Å². The molecule has 1 aromatic heterocycles. The maximum absolute atomic E-state index is 12.0. The molecule has 1 saturated carbocycles. The van der Waals surface area contributed by atoms with Crippen LogP contribution in [0.15, 0.2) is 24.5 Å². The lowest BCUT2D eigenvalue weighted by atomic mass is 9.78. The number of nitrogens with two attached hydrogens (primary N) is 1. The molecule has 0 radical (unpaired) electrons. The van der Waals surface area contributed by atoms with E-state index in [0.717, 1.165) is 25.7 Å². The van der Waals surface area contributed by atoms with Crippen molar-refractivity contribution in [3.63, 3.8) is 0 Å². The maximum atomic E-state index is 12.0. The van der Waals surface area contributed by atoms with Crippen molar-refractivity contribution in [3.8, 4) is 0 Å². The molecule has 0 bridgehead atoms. The molecule has 0 atom stereocenters. The average molecular weight is 218 g/mol. The number of pyridine rings is 1. The number of carbonyl (C=O) groups is 1. The van der Waals surface area contributed by atoms with E-state index in [-0.39, 0.29) is 11.3 Å².